The molecule has 390 valence electrons. The van der Waals surface area contributed by atoms with Crippen molar-refractivity contribution in [3.8, 4) is 0 Å². The first kappa shape index (κ1) is 64.3. The van der Waals surface area contributed by atoms with Gasteiger partial charge in [-0.3, -0.25) is 9.59 Å². The number of nitrogens with one attached hydrogen (secondary N) is 1. The van der Waals surface area contributed by atoms with Crippen LogP contribution in [0.5, 0.6) is 0 Å². The summed E-state index contributed by atoms with van der Waals surface area (Å²) >= 11 is 0. The zero-order chi connectivity index (χ0) is 47.9. The van der Waals surface area contributed by atoms with Crippen LogP contribution in [0.25, 0.3) is 0 Å². The molecule has 3 N–H and O–H groups in total. The Morgan fingerprint density at radius 1 is 0.424 bits per heavy atom. The van der Waals surface area contributed by atoms with Crippen LogP contribution in [0.3, 0.4) is 0 Å². The number of esters is 1. The van der Waals surface area contributed by atoms with Gasteiger partial charge in [0.2, 0.25) is 5.91 Å². The van der Waals surface area contributed by atoms with Crippen LogP contribution in [-0.2, 0) is 14.3 Å². The number of allylic oxidation sites excluding steroid dienone is 4. The van der Waals surface area contributed by atoms with E-state index < -0.39 is 12.1 Å². The van der Waals surface area contributed by atoms with Gasteiger partial charge in [-0.2, -0.15) is 0 Å². The van der Waals surface area contributed by atoms with Crippen LogP contribution in [0.15, 0.2) is 24.3 Å². The predicted octanol–water partition coefficient (Wildman–Crippen LogP) is 18.2. The number of ether oxygens (including phenoxy) is 1. The maximum absolute atomic E-state index is 12.5. The molecular formula is C60H115NO5. The van der Waals surface area contributed by atoms with Crippen LogP contribution < -0.4 is 5.32 Å². The second-order valence-corrected chi connectivity index (χ2v) is 20.3. The van der Waals surface area contributed by atoms with E-state index in [1.165, 1.54) is 238 Å². The normalized spacial score (nSPS) is 12.7. The second-order valence-electron chi connectivity index (χ2n) is 20.3. The summed E-state index contributed by atoms with van der Waals surface area (Å²) in [6, 6.07) is -0.544. The zero-order valence-electron chi connectivity index (χ0n) is 44.4. The standard InChI is InChI=1S/C60H115NO5/c1-3-5-7-9-11-13-15-17-18-22-25-29-32-36-40-44-48-52-58(63)57(56-62)61-59(64)53-49-45-41-37-33-30-26-23-20-19-21-24-27-31-35-39-43-47-51-55-66-60(65)54-50-46-42-38-34-28-16-14-12-10-8-6-4-2/h8,10,14,16,57-58,62-63H,3-7,9,11-13,15,17-56H2,1-2H3,(H,61,64)/b10-8-,16-14-. The fraction of sp³-hybridized carbons (Fsp3) is 0.900. The van der Waals surface area contributed by atoms with Crippen molar-refractivity contribution in [1.29, 1.82) is 0 Å². The first-order chi connectivity index (χ1) is 32.5. The quantitative estimate of drug-likeness (QED) is 0.0321. The Morgan fingerprint density at radius 2 is 0.788 bits per heavy atom. The lowest BCUT2D eigenvalue weighted by Gasteiger charge is -2.22. The lowest BCUT2D eigenvalue weighted by Crippen LogP contribution is -2.45. The molecule has 1 amide bonds. The van der Waals surface area contributed by atoms with Gasteiger partial charge < -0.3 is 20.3 Å². The van der Waals surface area contributed by atoms with E-state index in [-0.39, 0.29) is 18.5 Å². The van der Waals surface area contributed by atoms with Gasteiger partial charge in [-0.15, -0.1) is 0 Å². The second kappa shape index (κ2) is 55.9. The van der Waals surface area contributed by atoms with E-state index in [0.29, 0.717) is 25.9 Å². The molecule has 0 heterocycles. The van der Waals surface area contributed by atoms with Crippen LogP contribution in [0.2, 0.25) is 0 Å². The highest BCUT2D eigenvalue weighted by atomic mass is 16.5. The van der Waals surface area contributed by atoms with Crippen LogP contribution >= 0.6 is 0 Å². The first-order valence-corrected chi connectivity index (χ1v) is 29.6. The summed E-state index contributed by atoms with van der Waals surface area (Å²) in [6.45, 7) is 4.89. The third kappa shape index (κ3) is 51.7. The van der Waals surface area contributed by atoms with Gasteiger partial charge in [0.15, 0.2) is 0 Å². The maximum Gasteiger partial charge on any atom is 0.305 e. The van der Waals surface area contributed by atoms with Gasteiger partial charge in [0.25, 0.3) is 0 Å². The number of aliphatic hydroxyl groups is 2. The van der Waals surface area contributed by atoms with Crippen molar-refractivity contribution in [3.63, 3.8) is 0 Å². The molecular weight excluding hydrogens is 815 g/mol. The molecule has 0 aliphatic rings. The van der Waals surface area contributed by atoms with Crippen molar-refractivity contribution in [2.75, 3.05) is 13.2 Å². The van der Waals surface area contributed by atoms with Crippen LogP contribution in [0.4, 0.5) is 0 Å². The summed E-state index contributed by atoms with van der Waals surface area (Å²) in [5.41, 5.74) is 0. The highest BCUT2D eigenvalue weighted by Crippen LogP contribution is 2.18. The molecule has 66 heavy (non-hydrogen) atoms. The predicted molar refractivity (Wildman–Crippen MR) is 287 cm³/mol. The SMILES string of the molecule is CCC/C=C\C/C=C\CCCCCCCC(=O)OCCCCCCCCCCCCCCCCCCCCCC(=O)NC(CO)C(O)CCCCCCCCCCCCCCCCCCC. The number of amides is 1. The van der Waals surface area contributed by atoms with Gasteiger partial charge in [0.1, 0.15) is 0 Å². The van der Waals surface area contributed by atoms with E-state index in [0.717, 1.165) is 51.4 Å². The van der Waals surface area contributed by atoms with E-state index in [9.17, 15) is 19.8 Å². The van der Waals surface area contributed by atoms with Crippen molar-refractivity contribution in [1.82, 2.24) is 5.32 Å². The molecule has 0 aromatic carbocycles. The van der Waals surface area contributed by atoms with Gasteiger partial charge in [-0.25, -0.2) is 0 Å². The largest absolute Gasteiger partial charge is 0.466 e. The molecule has 0 spiro atoms. The number of hydrogen-bond acceptors (Lipinski definition) is 5. The molecule has 0 aromatic heterocycles. The van der Waals surface area contributed by atoms with E-state index >= 15 is 0 Å². The molecule has 6 heteroatoms. The van der Waals surface area contributed by atoms with Gasteiger partial charge in [-0.1, -0.05) is 282 Å². The lowest BCUT2D eigenvalue weighted by molar-refractivity contribution is -0.143. The molecule has 0 bridgehead atoms. The molecule has 0 fully saturated rings. The fourth-order valence-electron chi connectivity index (χ4n) is 9.21. The minimum absolute atomic E-state index is 0.00594. The molecule has 2 unspecified atom stereocenters. The Bertz CT molecular complexity index is 1030. The third-order valence-corrected chi connectivity index (χ3v) is 13.7. The number of carbonyl (C=O) groups excluding carboxylic acids is 2. The van der Waals surface area contributed by atoms with Gasteiger partial charge in [0.05, 0.1) is 25.4 Å². The average Bonchev–Trinajstić information content (AvgIpc) is 3.32. The van der Waals surface area contributed by atoms with Gasteiger partial charge >= 0.3 is 5.97 Å². The van der Waals surface area contributed by atoms with E-state index in [2.05, 4.69) is 43.5 Å². The summed E-state index contributed by atoms with van der Waals surface area (Å²) in [5, 5.41) is 23.3. The summed E-state index contributed by atoms with van der Waals surface area (Å²) in [4.78, 5) is 24.5. The van der Waals surface area contributed by atoms with Crippen LogP contribution in [0, 0.1) is 0 Å². The number of aliphatic hydroxyl groups excluding tert-OH is 2. The van der Waals surface area contributed by atoms with E-state index in [1.807, 2.05) is 0 Å². The Labute approximate surface area is 411 Å². The van der Waals surface area contributed by atoms with Crippen molar-refractivity contribution in [3.05, 3.63) is 24.3 Å². The molecule has 0 saturated heterocycles. The molecule has 0 aromatic rings. The molecule has 0 radical (unpaired) electrons. The van der Waals surface area contributed by atoms with Crippen molar-refractivity contribution < 1.29 is 24.5 Å². The molecule has 2 atom stereocenters. The van der Waals surface area contributed by atoms with Crippen molar-refractivity contribution >= 4 is 11.9 Å². The fourth-order valence-corrected chi connectivity index (χ4v) is 9.21. The molecule has 6 nitrogen and oxygen atoms in total. The van der Waals surface area contributed by atoms with Crippen LogP contribution in [0.1, 0.15) is 322 Å². The molecule has 0 rings (SSSR count). The van der Waals surface area contributed by atoms with Crippen molar-refractivity contribution in [2.24, 2.45) is 0 Å². The number of unbranched alkanes of at least 4 members (excludes halogenated alkanes) is 40. The first-order valence-electron chi connectivity index (χ1n) is 29.6. The van der Waals surface area contributed by atoms with Gasteiger partial charge in [-0.05, 0) is 51.4 Å². The van der Waals surface area contributed by atoms with E-state index in [4.69, 9.17) is 4.74 Å². The summed E-state index contributed by atoms with van der Waals surface area (Å²) in [6.07, 6.45) is 67.4. The molecule has 0 saturated carbocycles. The maximum atomic E-state index is 12.5. The number of hydrogen-bond donors (Lipinski definition) is 3. The minimum atomic E-state index is -0.666. The Morgan fingerprint density at radius 3 is 1.21 bits per heavy atom. The number of rotatable bonds is 55. The smallest absolute Gasteiger partial charge is 0.305 e. The summed E-state index contributed by atoms with van der Waals surface area (Å²) < 4.78 is 5.46. The summed E-state index contributed by atoms with van der Waals surface area (Å²) in [7, 11) is 0. The topological polar surface area (TPSA) is 95.9 Å². The van der Waals surface area contributed by atoms with E-state index in [1.54, 1.807) is 0 Å². The Balaban J connectivity index is 3.41. The molecule has 0 aliphatic carbocycles. The third-order valence-electron chi connectivity index (χ3n) is 13.7. The molecule has 0 aliphatic heterocycles. The highest BCUT2D eigenvalue weighted by Gasteiger charge is 2.20. The number of carbonyl (C=O) groups is 2. The minimum Gasteiger partial charge on any atom is -0.466 e. The monoisotopic (exact) mass is 930 g/mol. The lowest BCUT2D eigenvalue weighted by atomic mass is 10.0. The zero-order valence-corrected chi connectivity index (χ0v) is 44.4. The van der Waals surface area contributed by atoms with Crippen LogP contribution in [-0.4, -0.2) is 47.4 Å². The highest BCUT2D eigenvalue weighted by molar-refractivity contribution is 5.76. The Kier molecular flexibility index (Phi) is 54.5. The average molecular weight is 931 g/mol. The summed E-state index contributed by atoms with van der Waals surface area (Å²) in [5.74, 6) is -0.0419. The van der Waals surface area contributed by atoms with Crippen molar-refractivity contribution in [2.45, 2.75) is 334 Å². The van der Waals surface area contributed by atoms with Gasteiger partial charge in [0, 0.05) is 12.8 Å². The Hall–Kier alpha value is -1.66.